The molecule has 6 nitrogen and oxygen atoms in total. The number of ether oxygens (including phenoxy) is 2. The summed E-state index contributed by atoms with van der Waals surface area (Å²) in [4.78, 5) is 4.66. The first-order valence-electron chi connectivity index (χ1n) is 8.96. The summed E-state index contributed by atoms with van der Waals surface area (Å²) in [6.45, 7) is 7.32. The van der Waals surface area contributed by atoms with Crippen molar-refractivity contribution in [2.75, 3.05) is 26.9 Å². The molecule has 1 aromatic carbocycles. The van der Waals surface area contributed by atoms with Crippen LogP contribution in [-0.4, -0.2) is 37.4 Å². The van der Waals surface area contributed by atoms with Crippen molar-refractivity contribution in [1.29, 1.82) is 0 Å². The molecule has 27 heavy (non-hydrogen) atoms. The van der Waals surface area contributed by atoms with E-state index in [0.29, 0.717) is 26.3 Å². The van der Waals surface area contributed by atoms with Gasteiger partial charge < -0.3 is 24.7 Å². The summed E-state index contributed by atoms with van der Waals surface area (Å²) in [7, 11) is 3.69. The number of hydrogen-bond donors (Lipinski definition) is 2. The minimum Gasteiger partial charge on any atom is -0.491 e. The summed E-state index contributed by atoms with van der Waals surface area (Å²) in [6.07, 6.45) is 4.11. The van der Waals surface area contributed by atoms with Crippen LogP contribution in [0.1, 0.15) is 23.6 Å². The second-order valence-corrected chi connectivity index (χ2v) is 6.19. The quantitative estimate of drug-likeness (QED) is 0.247. The maximum absolute atomic E-state index is 5.85. The molecule has 1 aromatic heterocycles. The Hall–Kier alpha value is -1.74. The molecular formula is C20H31IN4O2. The number of halogens is 1. The predicted molar refractivity (Wildman–Crippen MR) is 121 cm³/mol. The number of guanidine groups is 1. The Morgan fingerprint density at radius 1 is 1.19 bits per heavy atom. The van der Waals surface area contributed by atoms with E-state index in [2.05, 4.69) is 59.9 Å². The SMILES string of the molecule is CCNC(=NCc1ccn(C)c1)NCc1ccc(C)cc1OCCOC.I. The number of rotatable bonds is 9. The number of benzene rings is 1. The van der Waals surface area contributed by atoms with Crippen molar-refractivity contribution in [2.45, 2.75) is 26.9 Å². The molecule has 0 saturated heterocycles. The van der Waals surface area contributed by atoms with Gasteiger partial charge in [0.25, 0.3) is 0 Å². The molecule has 0 bridgehead atoms. The van der Waals surface area contributed by atoms with E-state index in [-0.39, 0.29) is 24.0 Å². The van der Waals surface area contributed by atoms with E-state index >= 15 is 0 Å². The normalized spacial score (nSPS) is 11.0. The third-order valence-electron chi connectivity index (χ3n) is 3.87. The molecule has 0 unspecified atom stereocenters. The molecule has 0 aliphatic rings. The second-order valence-electron chi connectivity index (χ2n) is 6.19. The molecule has 0 amide bonds. The van der Waals surface area contributed by atoms with E-state index in [0.717, 1.165) is 23.8 Å². The molecule has 0 spiro atoms. The molecule has 0 atom stereocenters. The lowest BCUT2D eigenvalue weighted by Crippen LogP contribution is -2.36. The second kappa shape index (κ2) is 12.6. The number of nitrogens with zero attached hydrogens (tertiary/aromatic N) is 2. The number of aryl methyl sites for hydroxylation is 2. The zero-order valence-corrected chi connectivity index (χ0v) is 18.9. The van der Waals surface area contributed by atoms with Gasteiger partial charge in [0, 0.05) is 45.2 Å². The highest BCUT2D eigenvalue weighted by Gasteiger charge is 2.06. The Balaban J connectivity index is 0.00000364. The first-order valence-corrected chi connectivity index (χ1v) is 8.96. The number of nitrogens with one attached hydrogen (secondary N) is 2. The van der Waals surface area contributed by atoms with Crippen LogP contribution in [-0.2, 0) is 24.9 Å². The molecule has 150 valence electrons. The lowest BCUT2D eigenvalue weighted by Gasteiger charge is -2.15. The molecule has 7 heteroatoms. The fourth-order valence-electron chi connectivity index (χ4n) is 2.52. The number of hydrogen-bond acceptors (Lipinski definition) is 3. The van der Waals surface area contributed by atoms with Gasteiger partial charge in [-0.2, -0.15) is 0 Å². The Morgan fingerprint density at radius 2 is 2.00 bits per heavy atom. The fourth-order valence-corrected chi connectivity index (χ4v) is 2.52. The van der Waals surface area contributed by atoms with Gasteiger partial charge in [0.15, 0.2) is 5.96 Å². The monoisotopic (exact) mass is 486 g/mol. The first-order chi connectivity index (χ1) is 12.6. The highest BCUT2D eigenvalue weighted by Crippen LogP contribution is 2.20. The summed E-state index contributed by atoms with van der Waals surface area (Å²) in [5.74, 6) is 1.67. The average molecular weight is 486 g/mol. The average Bonchev–Trinajstić information content (AvgIpc) is 3.04. The van der Waals surface area contributed by atoms with Gasteiger partial charge in [-0.05, 0) is 37.1 Å². The van der Waals surface area contributed by atoms with Gasteiger partial charge >= 0.3 is 0 Å². The minimum atomic E-state index is 0. The number of aromatic nitrogens is 1. The van der Waals surface area contributed by atoms with Gasteiger partial charge in [-0.3, -0.25) is 0 Å². The molecule has 0 radical (unpaired) electrons. The summed E-state index contributed by atoms with van der Waals surface area (Å²) < 4.78 is 13.0. The van der Waals surface area contributed by atoms with Crippen LogP contribution in [0.3, 0.4) is 0 Å². The third kappa shape index (κ3) is 8.21. The zero-order chi connectivity index (χ0) is 18.8. The van der Waals surface area contributed by atoms with Crippen LogP contribution in [0.2, 0.25) is 0 Å². The summed E-state index contributed by atoms with van der Waals surface area (Å²) in [5.41, 5.74) is 3.45. The van der Waals surface area contributed by atoms with Crippen molar-refractivity contribution < 1.29 is 9.47 Å². The van der Waals surface area contributed by atoms with Gasteiger partial charge in [0.2, 0.25) is 0 Å². The summed E-state index contributed by atoms with van der Waals surface area (Å²) in [6, 6.07) is 8.31. The number of methoxy groups -OCH3 is 1. The molecule has 2 rings (SSSR count). The molecule has 2 N–H and O–H groups in total. The van der Waals surface area contributed by atoms with Crippen molar-refractivity contribution in [3.8, 4) is 5.75 Å². The molecular weight excluding hydrogens is 455 g/mol. The first kappa shape index (κ1) is 23.3. The van der Waals surface area contributed by atoms with Crippen LogP contribution >= 0.6 is 24.0 Å². The van der Waals surface area contributed by atoms with E-state index in [1.165, 1.54) is 11.1 Å². The van der Waals surface area contributed by atoms with Crippen molar-refractivity contribution in [3.05, 3.63) is 53.3 Å². The predicted octanol–water partition coefficient (Wildman–Crippen LogP) is 3.23. The van der Waals surface area contributed by atoms with Gasteiger partial charge in [-0.15, -0.1) is 24.0 Å². The van der Waals surface area contributed by atoms with E-state index in [1.807, 2.05) is 17.8 Å². The van der Waals surface area contributed by atoms with Crippen LogP contribution in [0.15, 0.2) is 41.7 Å². The van der Waals surface area contributed by atoms with Crippen LogP contribution in [0.4, 0.5) is 0 Å². The summed E-state index contributed by atoms with van der Waals surface area (Å²) in [5, 5.41) is 6.67. The Kier molecular flexibility index (Phi) is 10.9. The maximum atomic E-state index is 5.85. The third-order valence-corrected chi connectivity index (χ3v) is 3.87. The molecule has 0 saturated carbocycles. The van der Waals surface area contributed by atoms with Crippen molar-refractivity contribution in [3.63, 3.8) is 0 Å². The largest absolute Gasteiger partial charge is 0.491 e. The van der Waals surface area contributed by atoms with Crippen molar-refractivity contribution in [1.82, 2.24) is 15.2 Å². The van der Waals surface area contributed by atoms with Crippen LogP contribution in [0.5, 0.6) is 5.75 Å². The fraction of sp³-hybridized carbons (Fsp3) is 0.450. The lowest BCUT2D eigenvalue weighted by molar-refractivity contribution is 0.145. The minimum absolute atomic E-state index is 0. The molecule has 2 aromatic rings. The van der Waals surface area contributed by atoms with Crippen molar-refractivity contribution >= 4 is 29.9 Å². The maximum Gasteiger partial charge on any atom is 0.191 e. The Bertz CT molecular complexity index is 716. The van der Waals surface area contributed by atoms with E-state index in [1.54, 1.807) is 7.11 Å². The van der Waals surface area contributed by atoms with Gasteiger partial charge in [0.1, 0.15) is 12.4 Å². The van der Waals surface area contributed by atoms with E-state index < -0.39 is 0 Å². The van der Waals surface area contributed by atoms with Crippen LogP contribution < -0.4 is 15.4 Å². The van der Waals surface area contributed by atoms with Crippen LogP contribution in [0, 0.1) is 6.92 Å². The van der Waals surface area contributed by atoms with Crippen LogP contribution in [0.25, 0.3) is 0 Å². The molecule has 0 fully saturated rings. The standard InChI is InChI=1S/C20H30N4O2.HI/c1-5-21-20(22-13-17-8-9-24(3)15-17)23-14-18-7-6-16(2)12-19(18)26-11-10-25-4;/h6-9,12,15H,5,10-11,13-14H2,1-4H3,(H2,21,22,23);1H. The Labute approximate surface area is 179 Å². The lowest BCUT2D eigenvalue weighted by atomic mass is 10.1. The van der Waals surface area contributed by atoms with E-state index in [4.69, 9.17) is 9.47 Å². The zero-order valence-electron chi connectivity index (χ0n) is 16.6. The van der Waals surface area contributed by atoms with Gasteiger partial charge in [-0.1, -0.05) is 12.1 Å². The Morgan fingerprint density at radius 3 is 2.67 bits per heavy atom. The van der Waals surface area contributed by atoms with Gasteiger partial charge in [-0.25, -0.2) is 4.99 Å². The molecule has 0 aliphatic heterocycles. The smallest absolute Gasteiger partial charge is 0.191 e. The van der Waals surface area contributed by atoms with E-state index in [9.17, 15) is 0 Å². The van der Waals surface area contributed by atoms with Crippen molar-refractivity contribution in [2.24, 2.45) is 12.0 Å². The molecule has 0 aliphatic carbocycles. The number of aliphatic imine (C=N–C) groups is 1. The van der Waals surface area contributed by atoms with Gasteiger partial charge in [0.05, 0.1) is 13.2 Å². The summed E-state index contributed by atoms with van der Waals surface area (Å²) >= 11 is 0. The topological polar surface area (TPSA) is 59.8 Å². The highest BCUT2D eigenvalue weighted by molar-refractivity contribution is 14.0. The highest BCUT2D eigenvalue weighted by atomic mass is 127. The molecule has 1 heterocycles.